The Kier molecular flexibility index (Phi) is 12.9. The van der Waals surface area contributed by atoms with Crippen molar-refractivity contribution in [3.8, 4) is 44.8 Å². The van der Waals surface area contributed by atoms with Crippen molar-refractivity contribution in [2.45, 2.75) is 122 Å². The number of hydrogen-bond donors (Lipinski definition) is 4. The number of rotatable bonds is 13. The molecule has 2 aromatic heterocycles. The Morgan fingerprint density at radius 3 is 1.67 bits per heavy atom. The molecule has 3 fully saturated rings. The van der Waals surface area contributed by atoms with Crippen LogP contribution >= 0.6 is 0 Å². The first-order valence-electron chi connectivity index (χ1n) is 24.4. The summed E-state index contributed by atoms with van der Waals surface area (Å²) in [6.45, 7) is 13.3. The number of carbonyl (C=O) groups is 4. The number of benzene rings is 3. The molecule has 9 rings (SSSR count). The molecule has 2 saturated heterocycles. The van der Waals surface area contributed by atoms with Gasteiger partial charge >= 0.3 is 6.09 Å². The van der Waals surface area contributed by atoms with Gasteiger partial charge in [-0.05, 0) is 112 Å². The largest absolute Gasteiger partial charge is 0.453 e. The van der Waals surface area contributed by atoms with Crippen molar-refractivity contribution < 1.29 is 23.9 Å². The molecule has 5 aromatic rings. The molecule has 352 valence electrons. The third-order valence-corrected chi connectivity index (χ3v) is 15.3. The zero-order chi connectivity index (χ0) is 47.1. The number of alkyl carbamates (subject to hydrolysis) is 1. The Bertz CT molecular complexity index is 2610. The summed E-state index contributed by atoms with van der Waals surface area (Å²) >= 11 is 0. The summed E-state index contributed by atoms with van der Waals surface area (Å²) in [7, 11) is 1.31. The van der Waals surface area contributed by atoms with E-state index in [0.29, 0.717) is 25.4 Å². The van der Waals surface area contributed by atoms with Crippen LogP contribution in [0.5, 0.6) is 0 Å². The predicted molar refractivity (Wildman–Crippen MR) is 259 cm³/mol. The lowest BCUT2D eigenvalue weighted by atomic mass is 9.76. The lowest BCUT2D eigenvalue weighted by molar-refractivity contribution is -0.137. The van der Waals surface area contributed by atoms with Crippen molar-refractivity contribution in [3.63, 3.8) is 0 Å². The highest BCUT2D eigenvalue weighted by Gasteiger charge is 2.44. The third-order valence-electron chi connectivity index (χ3n) is 15.3. The summed E-state index contributed by atoms with van der Waals surface area (Å²) in [6, 6.07) is 20.6. The van der Waals surface area contributed by atoms with Gasteiger partial charge in [0.1, 0.15) is 23.7 Å². The quantitative estimate of drug-likeness (QED) is 0.0855. The molecule has 4 amide bonds. The number of imidazole rings is 2. The fraction of sp³-hybridized carbons (Fsp3) is 0.481. The van der Waals surface area contributed by atoms with Gasteiger partial charge in [-0.1, -0.05) is 115 Å². The van der Waals surface area contributed by atoms with Crippen LogP contribution in [0.15, 0.2) is 73.1 Å². The summed E-state index contributed by atoms with van der Waals surface area (Å²) in [4.78, 5) is 71.5. The van der Waals surface area contributed by atoms with Crippen LogP contribution in [0, 0.1) is 23.7 Å². The summed E-state index contributed by atoms with van der Waals surface area (Å²) in [5.41, 5.74) is 12.1. The first-order chi connectivity index (χ1) is 32.3. The van der Waals surface area contributed by atoms with Crippen LogP contribution in [0.25, 0.3) is 44.8 Å². The van der Waals surface area contributed by atoms with Gasteiger partial charge in [0, 0.05) is 13.1 Å². The van der Waals surface area contributed by atoms with Crippen LogP contribution in [0.1, 0.15) is 121 Å². The Morgan fingerprint density at radius 1 is 0.701 bits per heavy atom. The smallest absolute Gasteiger partial charge is 0.407 e. The maximum Gasteiger partial charge on any atom is 0.407 e. The molecule has 1 spiro atoms. The number of nitrogens with one attached hydrogen (secondary N) is 4. The molecule has 4 heterocycles. The minimum Gasteiger partial charge on any atom is -0.453 e. The number of likely N-dealkylation sites (tertiary alicyclic amines) is 2. The van der Waals surface area contributed by atoms with Gasteiger partial charge in [-0.3, -0.25) is 14.4 Å². The van der Waals surface area contributed by atoms with Crippen molar-refractivity contribution in [1.82, 2.24) is 40.4 Å². The van der Waals surface area contributed by atoms with Gasteiger partial charge in [0.15, 0.2) is 0 Å². The van der Waals surface area contributed by atoms with E-state index in [0.717, 1.165) is 53.4 Å². The van der Waals surface area contributed by atoms with E-state index in [4.69, 9.17) is 14.7 Å². The van der Waals surface area contributed by atoms with E-state index in [2.05, 4.69) is 95.1 Å². The molecule has 13 heteroatoms. The van der Waals surface area contributed by atoms with E-state index in [1.54, 1.807) is 0 Å². The standard InChI is InChI=1S/C54H66N8O5/c1-31(2)47(57-30-63)51(64)61-28-33(5)24-44(61)49-55-26-42(58-49)37-14-10-35(11-15-37)39-18-19-40(46-41(39)20-23-54(46)21-8-9-22-54)36-12-16-38(17-13-36)43-27-56-50(59-43)45-25-34(6)29-62(45)52(65)48(32(3)4)60-53(66)67-7/h10-19,26-27,30-34,44-45,47-48H,8-9,20-25,28-29H2,1-7H3,(H,55,58)(H,56,59)(H,57,63)(H,60,66). The number of amides is 4. The number of nitrogens with zero attached hydrogens (tertiary/aromatic N) is 4. The maximum atomic E-state index is 13.9. The molecule has 6 atom stereocenters. The van der Waals surface area contributed by atoms with Crippen molar-refractivity contribution in [3.05, 3.63) is 95.8 Å². The summed E-state index contributed by atoms with van der Waals surface area (Å²) in [5, 5.41) is 5.49. The first-order valence-corrected chi connectivity index (χ1v) is 24.4. The second kappa shape index (κ2) is 18.8. The fourth-order valence-electron chi connectivity index (χ4n) is 11.8. The van der Waals surface area contributed by atoms with E-state index >= 15 is 0 Å². The van der Waals surface area contributed by atoms with Gasteiger partial charge in [-0.25, -0.2) is 14.8 Å². The second-order valence-corrected chi connectivity index (χ2v) is 20.6. The molecular formula is C54H66N8O5. The monoisotopic (exact) mass is 907 g/mol. The van der Waals surface area contributed by atoms with Crippen LogP contribution in [0.3, 0.4) is 0 Å². The fourth-order valence-corrected chi connectivity index (χ4v) is 11.8. The van der Waals surface area contributed by atoms with Crippen molar-refractivity contribution in [2.24, 2.45) is 23.7 Å². The molecule has 1 saturated carbocycles. The van der Waals surface area contributed by atoms with E-state index < -0.39 is 18.2 Å². The van der Waals surface area contributed by atoms with Crippen molar-refractivity contribution in [1.29, 1.82) is 0 Å². The Balaban J connectivity index is 0.948. The van der Waals surface area contributed by atoms with E-state index in [1.165, 1.54) is 72.6 Å². The van der Waals surface area contributed by atoms with Gasteiger partial charge in [0.2, 0.25) is 18.2 Å². The Morgan fingerprint density at radius 2 is 1.18 bits per heavy atom. The number of hydrogen-bond acceptors (Lipinski definition) is 7. The molecular weight excluding hydrogens is 841 g/mol. The molecule has 2 aliphatic heterocycles. The molecule has 6 unspecified atom stereocenters. The topological polar surface area (TPSA) is 165 Å². The minimum atomic E-state index is -0.694. The number of ether oxygens (including phenoxy) is 1. The number of methoxy groups -OCH3 is 1. The summed E-state index contributed by atoms with van der Waals surface area (Å²) in [6.07, 6.45) is 12.5. The van der Waals surface area contributed by atoms with E-state index in [1.807, 2.05) is 49.9 Å². The molecule has 0 bridgehead atoms. The van der Waals surface area contributed by atoms with Gasteiger partial charge in [-0.2, -0.15) is 0 Å². The lowest BCUT2D eigenvalue weighted by Gasteiger charge is -2.30. The lowest BCUT2D eigenvalue weighted by Crippen LogP contribution is -2.51. The Hall–Kier alpha value is -6.24. The van der Waals surface area contributed by atoms with Gasteiger partial charge in [0.05, 0.1) is 43.0 Å². The second-order valence-electron chi connectivity index (χ2n) is 20.6. The number of carbonyl (C=O) groups excluding carboxylic acids is 4. The normalized spacial score (nSPS) is 21.8. The summed E-state index contributed by atoms with van der Waals surface area (Å²) in [5.74, 6) is 1.80. The molecule has 3 aromatic carbocycles. The van der Waals surface area contributed by atoms with E-state index in [9.17, 15) is 19.2 Å². The molecule has 2 aliphatic carbocycles. The number of H-pyrrole nitrogens is 2. The van der Waals surface area contributed by atoms with Crippen molar-refractivity contribution >= 4 is 24.3 Å². The average Bonchev–Trinajstić information content (AvgIpc) is 4.20. The Labute approximate surface area is 394 Å². The highest BCUT2D eigenvalue weighted by atomic mass is 16.5. The van der Waals surface area contributed by atoms with Crippen LogP contribution in [0.2, 0.25) is 0 Å². The van der Waals surface area contributed by atoms with Crippen LogP contribution in [0.4, 0.5) is 4.79 Å². The van der Waals surface area contributed by atoms with Crippen LogP contribution in [-0.2, 0) is 31.0 Å². The molecule has 4 N–H and O–H groups in total. The zero-order valence-corrected chi connectivity index (χ0v) is 40.0. The first kappa shape index (κ1) is 45.9. The zero-order valence-electron chi connectivity index (χ0n) is 40.0. The summed E-state index contributed by atoms with van der Waals surface area (Å²) < 4.78 is 4.83. The van der Waals surface area contributed by atoms with Crippen LogP contribution < -0.4 is 10.6 Å². The van der Waals surface area contributed by atoms with Gasteiger partial charge in [-0.15, -0.1) is 0 Å². The predicted octanol–water partition coefficient (Wildman–Crippen LogP) is 9.53. The van der Waals surface area contributed by atoms with Gasteiger partial charge < -0.3 is 35.1 Å². The van der Waals surface area contributed by atoms with Crippen LogP contribution in [-0.4, -0.2) is 86.3 Å². The third kappa shape index (κ3) is 8.77. The molecule has 13 nitrogen and oxygen atoms in total. The van der Waals surface area contributed by atoms with Gasteiger partial charge in [0.25, 0.3) is 0 Å². The highest BCUT2D eigenvalue weighted by molar-refractivity contribution is 5.87. The average molecular weight is 907 g/mol. The molecule has 67 heavy (non-hydrogen) atoms. The maximum absolute atomic E-state index is 13.9. The molecule has 4 aliphatic rings. The van der Waals surface area contributed by atoms with Crippen molar-refractivity contribution in [2.75, 3.05) is 20.2 Å². The number of aromatic nitrogens is 4. The van der Waals surface area contributed by atoms with E-state index in [-0.39, 0.29) is 47.1 Å². The SMILES string of the molecule is COC(=O)NC(C(=O)N1CC(C)CC1c1ncc(-c2ccc(-c3ccc(-c4ccc(-c5cnc(C6CC(C)CN6C(=O)C(NC=O)C(C)C)[nH]5)cc4)c4c3C3(CCCC3)CC4)cc2)[nH]1)C(C)C. The number of fused-ring (bicyclic) bond motifs is 2. The molecule has 0 radical (unpaired) electrons. The number of aromatic amines is 2. The minimum absolute atomic E-state index is 0.0270. The highest BCUT2D eigenvalue weighted by Crippen LogP contribution is 2.55.